The van der Waals surface area contributed by atoms with Crippen molar-refractivity contribution >= 4 is 33.6 Å². The quantitative estimate of drug-likeness (QED) is 0.770. The maximum atomic E-state index is 12.7. The van der Waals surface area contributed by atoms with Crippen LogP contribution >= 0.6 is 11.3 Å². The van der Waals surface area contributed by atoms with Crippen LogP contribution in [0.4, 0.5) is 11.4 Å². The van der Waals surface area contributed by atoms with Crippen LogP contribution in [0, 0.1) is 0 Å². The fourth-order valence-corrected chi connectivity index (χ4v) is 4.01. The average molecular weight is 368 g/mol. The third kappa shape index (κ3) is 3.22. The second-order valence-electron chi connectivity index (χ2n) is 6.41. The van der Waals surface area contributed by atoms with Gasteiger partial charge in [-0.15, -0.1) is 11.3 Å². The summed E-state index contributed by atoms with van der Waals surface area (Å²) in [6.07, 6.45) is 7.79. The third-order valence-electron chi connectivity index (χ3n) is 4.69. The van der Waals surface area contributed by atoms with Gasteiger partial charge in [0.2, 0.25) is 0 Å². The van der Waals surface area contributed by atoms with Crippen LogP contribution < -0.4 is 15.8 Å². The number of carbonyl (C=O) groups is 1. The largest absolute Gasteiger partial charge is 0.370 e. The lowest BCUT2D eigenvalue weighted by Gasteiger charge is -2.25. The van der Waals surface area contributed by atoms with Gasteiger partial charge in [0.15, 0.2) is 4.96 Å². The van der Waals surface area contributed by atoms with Crippen LogP contribution in [0.2, 0.25) is 0 Å². The summed E-state index contributed by atoms with van der Waals surface area (Å²) in [7, 11) is 0. The number of nitrogens with zero attached hydrogens (tertiary/aromatic N) is 3. The molecule has 0 aliphatic carbocycles. The lowest BCUT2D eigenvalue weighted by Crippen LogP contribution is -2.28. The number of rotatable bonds is 3. The van der Waals surface area contributed by atoms with Crippen molar-refractivity contribution in [3.8, 4) is 0 Å². The number of para-hydroxylation sites is 2. The van der Waals surface area contributed by atoms with E-state index < -0.39 is 5.91 Å². The fraction of sp³-hybridized carbons (Fsp3) is 0.316. The molecule has 0 bridgehead atoms. The Balaban J connectivity index is 1.63. The molecule has 1 aliphatic rings. The van der Waals surface area contributed by atoms with Gasteiger partial charge in [0.05, 0.1) is 11.4 Å². The van der Waals surface area contributed by atoms with Gasteiger partial charge < -0.3 is 10.2 Å². The zero-order valence-electron chi connectivity index (χ0n) is 14.4. The topological polar surface area (TPSA) is 66.7 Å². The van der Waals surface area contributed by atoms with Crippen molar-refractivity contribution in [1.82, 2.24) is 9.38 Å². The van der Waals surface area contributed by atoms with Crippen LogP contribution in [0.1, 0.15) is 36.0 Å². The van der Waals surface area contributed by atoms with Crippen LogP contribution in [-0.2, 0) is 0 Å². The number of anilines is 2. The molecule has 1 amide bonds. The molecule has 0 spiro atoms. The molecule has 6 nitrogen and oxygen atoms in total. The summed E-state index contributed by atoms with van der Waals surface area (Å²) in [6.45, 7) is 1.97. The third-order valence-corrected chi connectivity index (χ3v) is 5.46. The maximum Gasteiger partial charge on any atom is 0.271 e. The predicted octanol–water partition coefficient (Wildman–Crippen LogP) is 3.39. The Labute approximate surface area is 155 Å². The summed E-state index contributed by atoms with van der Waals surface area (Å²) < 4.78 is 1.40. The second-order valence-corrected chi connectivity index (χ2v) is 7.28. The highest BCUT2D eigenvalue weighted by Crippen LogP contribution is 2.28. The van der Waals surface area contributed by atoms with E-state index in [1.807, 2.05) is 24.3 Å². The number of amides is 1. The van der Waals surface area contributed by atoms with E-state index in [-0.39, 0.29) is 11.1 Å². The molecule has 1 fully saturated rings. The van der Waals surface area contributed by atoms with E-state index in [0.717, 1.165) is 37.3 Å². The molecule has 4 rings (SSSR count). The molecule has 26 heavy (non-hydrogen) atoms. The van der Waals surface area contributed by atoms with E-state index in [2.05, 4.69) is 15.2 Å². The summed E-state index contributed by atoms with van der Waals surface area (Å²) in [5.41, 5.74) is 1.44. The van der Waals surface area contributed by atoms with E-state index in [1.165, 1.54) is 34.8 Å². The summed E-state index contributed by atoms with van der Waals surface area (Å²) in [4.78, 5) is 32.3. The zero-order valence-corrected chi connectivity index (χ0v) is 15.2. The summed E-state index contributed by atoms with van der Waals surface area (Å²) in [5, 5.41) is 4.69. The number of benzene rings is 1. The van der Waals surface area contributed by atoms with E-state index in [9.17, 15) is 9.59 Å². The Bertz CT molecular complexity index is 986. The zero-order chi connectivity index (χ0) is 17.9. The van der Waals surface area contributed by atoms with Crippen LogP contribution in [0.3, 0.4) is 0 Å². The van der Waals surface area contributed by atoms with Crippen molar-refractivity contribution in [2.24, 2.45) is 0 Å². The van der Waals surface area contributed by atoms with Crippen LogP contribution in [0.15, 0.2) is 46.8 Å². The van der Waals surface area contributed by atoms with Gasteiger partial charge in [0.25, 0.3) is 11.5 Å². The van der Waals surface area contributed by atoms with Crippen molar-refractivity contribution in [2.45, 2.75) is 25.7 Å². The molecule has 0 radical (unpaired) electrons. The highest BCUT2D eigenvalue weighted by molar-refractivity contribution is 7.15. The molecule has 3 aromatic rings. The van der Waals surface area contributed by atoms with E-state index in [0.29, 0.717) is 4.96 Å². The number of hydrogen-bond donors (Lipinski definition) is 1. The summed E-state index contributed by atoms with van der Waals surface area (Å²) in [6, 6.07) is 7.77. The van der Waals surface area contributed by atoms with E-state index >= 15 is 0 Å². The smallest absolute Gasteiger partial charge is 0.271 e. The van der Waals surface area contributed by atoms with Gasteiger partial charge in [0, 0.05) is 30.9 Å². The molecule has 1 saturated heterocycles. The van der Waals surface area contributed by atoms with E-state index in [1.54, 1.807) is 11.6 Å². The lowest BCUT2D eigenvalue weighted by molar-refractivity contribution is 0.102. The Morgan fingerprint density at radius 2 is 1.88 bits per heavy atom. The van der Waals surface area contributed by atoms with Gasteiger partial charge in [0.1, 0.15) is 5.56 Å². The molecule has 0 unspecified atom stereocenters. The summed E-state index contributed by atoms with van der Waals surface area (Å²) in [5.74, 6) is -0.426. The Morgan fingerprint density at radius 3 is 2.69 bits per heavy atom. The van der Waals surface area contributed by atoms with Crippen molar-refractivity contribution in [2.75, 3.05) is 23.3 Å². The van der Waals surface area contributed by atoms with Crippen molar-refractivity contribution in [1.29, 1.82) is 0 Å². The number of fused-ring (bicyclic) bond motifs is 1. The standard InChI is InChI=1S/C19H20N4O2S/c24-17(14-13-20-19-23(18(14)25)11-12-26-19)21-15-7-3-4-8-16(15)22-9-5-1-2-6-10-22/h3-4,7-8,11-13H,1-2,5-6,9-10H2,(H,21,24). The molecule has 7 heteroatoms. The monoisotopic (exact) mass is 368 g/mol. The molecule has 0 saturated carbocycles. The van der Waals surface area contributed by atoms with Gasteiger partial charge in [-0.1, -0.05) is 25.0 Å². The van der Waals surface area contributed by atoms with E-state index in [4.69, 9.17) is 0 Å². The van der Waals surface area contributed by atoms with Gasteiger partial charge in [-0.05, 0) is 25.0 Å². The minimum absolute atomic E-state index is 0.0477. The van der Waals surface area contributed by atoms with Crippen molar-refractivity contribution in [3.63, 3.8) is 0 Å². The fourth-order valence-electron chi connectivity index (χ4n) is 3.34. The molecule has 1 aromatic carbocycles. The minimum atomic E-state index is -0.426. The second kappa shape index (κ2) is 7.29. The number of thiazole rings is 1. The molecule has 134 valence electrons. The first-order valence-corrected chi connectivity index (χ1v) is 9.72. The first-order chi connectivity index (χ1) is 12.7. The molecular formula is C19H20N4O2S. The van der Waals surface area contributed by atoms with Crippen LogP contribution in [-0.4, -0.2) is 28.4 Å². The molecular weight excluding hydrogens is 348 g/mol. The Hall–Kier alpha value is -2.67. The lowest BCUT2D eigenvalue weighted by atomic mass is 10.2. The number of nitrogens with one attached hydrogen (secondary N) is 1. The first kappa shape index (κ1) is 16.8. The van der Waals surface area contributed by atoms with Crippen molar-refractivity contribution in [3.05, 3.63) is 58.0 Å². The van der Waals surface area contributed by atoms with Gasteiger partial charge in [-0.3, -0.25) is 14.0 Å². The van der Waals surface area contributed by atoms with Crippen molar-refractivity contribution < 1.29 is 4.79 Å². The predicted molar refractivity (Wildman–Crippen MR) is 104 cm³/mol. The molecule has 0 atom stereocenters. The SMILES string of the molecule is O=C(Nc1ccccc1N1CCCCCC1)c1cnc2sccn2c1=O. The first-order valence-electron chi connectivity index (χ1n) is 8.84. The maximum absolute atomic E-state index is 12.7. The van der Waals surface area contributed by atoms with Gasteiger partial charge in [-0.2, -0.15) is 0 Å². The normalized spacial score (nSPS) is 15.0. The molecule has 1 aliphatic heterocycles. The average Bonchev–Trinajstić information content (AvgIpc) is 2.98. The van der Waals surface area contributed by atoms with Crippen LogP contribution in [0.25, 0.3) is 4.96 Å². The van der Waals surface area contributed by atoms with Crippen LogP contribution in [0.5, 0.6) is 0 Å². The number of carbonyl (C=O) groups excluding carboxylic acids is 1. The number of aromatic nitrogens is 2. The molecule has 2 aromatic heterocycles. The highest BCUT2D eigenvalue weighted by atomic mass is 32.1. The van der Waals surface area contributed by atoms with Gasteiger partial charge >= 0.3 is 0 Å². The Morgan fingerprint density at radius 1 is 1.12 bits per heavy atom. The Kier molecular flexibility index (Phi) is 4.71. The minimum Gasteiger partial charge on any atom is -0.370 e. The highest BCUT2D eigenvalue weighted by Gasteiger charge is 2.18. The number of hydrogen-bond acceptors (Lipinski definition) is 5. The molecule has 1 N–H and O–H groups in total. The summed E-state index contributed by atoms with van der Waals surface area (Å²) >= 11 is 1.36. The van der Waals surface area contributed by atoms with Gasteiger partial charge in [-0.25, -0.2) is 4.98 Å². The molecule has 3 heterocycles.